The second-order valence-corrected chi connectivity index (χ2v) is 6.42. The van der Waals surface area contributed by atoms with E-state index in [0.717, 1.165) is 6.42 Å². The lowest BCUT2D eigenvalue weighted by Gasteiger charge is -2.14. The van der Waals surface area contributed by atoms with Gasteiger partial charge in [-0.05, 0) is 12.3 Å². The van der Waals surface area contributed by atoms with Gasteiger partial charge in [0.2, 0.25) is 10.0 Å². The lowest BCUT2D eigenvalue weighted by molar-refractivity contribution is 0.464. The first kappa shape index (κ1) is 12.5. The fourth-order valence-electron chi connectivity index (χ4n) is 1.99. The molecule has 96 valence electrons. The lowest BCUT2D eigenvalue weighted by Crippen LogP contribution is -2.28. The number of hydrogen-bond donors (Lipinski definition) is 1. The van der Waals surface area contributed by atoms with Gasteiger partial charge in [0.25, 0.3) is 0 Å². The van der Waals surface area contributed by atoms with Crippen molar-refractivity contribution in [3.8, 4) is 0 Å². The average molecular weight is 258 g/mol. The maximum absolute atomic E-state index is 12.2. The maximum Gasteiger partial charge on any atom is 0.246 e. The van der Waals surface area contributed by atoms with E-state index in [0.29, 0.717) is 32.1 Å². The molecule has 0 spiro atoms. The summed E-state index contributed by atoms with van der Waals surface area (Å²) >= 11 is 0. The number of nitrogens with two attached hydrogens (primary N) is 1. The second-order valence-electron chi connectivity index (χ2n) is 4.48. The molecule has 2 N–H and O–H groups in total. The van der Waals surface area contributed by atoms with Crippen molar-refractivity contribution in [1.82, 2.24) is 14.1 Å². The zero-order valence-electron chi connectivity index (χ0n) is 9.91. The largest absolute Gasteiger partial charge is 0.329 e. The van der Waals surface area contributed by atoms with Gasteiger partial charge in [-0.25, -0.2) is 8.42 Å². The summed E-state index contributed by atoms with van der Waals surface area (Å²) in [7, 11) is -3.36. The van der Waals surface area contributed by atoms with Gasteiger partial charge in [-0.3, -0.25) is 4.68 Å². The summed E-state index contributed by atoms with van der Waals surface area (Å²) in [6, 6.07) is 0. The van der Waals surface area contributed by atoms with E-state index in [2.05, 4.69) is 12.0 Å². The van der Waals surface area contributed by atoms with Crippen molar-refractivity contribution in [3.05, 3.63) is 12.4 Å². The van der Waals surface area contributed by atoms with Gasteiger partial charge in [0.1, 0.15) is 4.90 Å². The van der Waals surface area contributed by atoms with Gasteiger partial charge in [-0.2, -0.15) is 9.40 Å². The minimum absolute atomic E-state index is 0.264. The molecule has 1 aromatic heterocycles. The monoisotopic (exact) mass is 258 g/mol. The summed E-state index contributed by atoms with van der Waals surface area (Å²) in [6.07, 6.45) is 3.87. The fraction of sp³-hybridized carbons (Fsp3) is 0.700. The molecule has 1 aliphatic rings. The Balaban J connectivity index is 2.19. The molecular weight excluding hydrogens is 240 g/mol. The third kappa shape index (κ3) is 2.51. The maximum atomic E-state index is 12.2. The van der Waals surface area contributed by atoms with Crippen LogP contribution in [0.3, 0.4) is 0 Å². The van der Waals surface area contributed by atoms with Crippen molar-refractivity contribution >= 4 is 10.0 Å². The molecule has 0 saturated carbocycles. The molecule has 1 fully saturated rings. The van der Waals surface area contributed by atoms with Crippen LogP contribution >= 0.6 is 0 Å². The summed E-state index contributed by atoms with van der Waals surface area (Å²) in [6.45, 7) is 4.25. The third-order valence-corrected chi connectivity index (χ3v) is 4.81. The van der Waals surface area contributed by atoms with E-state index < -0.39 is 10.0 Å². The van der Waals surface area contributed by atoms with E-state index in [-0.39, 0.29) is 4.90 Å². The number of hydrogen-bond acceptors (Lipinski definition) is 4. The molecule has 0 radical (unpaired) electrons. The molecule has 0 amide bonds. The van der Waals surface area contributed by atoms with Crippen LogP contribution in [0.5, 0.6) is 0 Å². The smallest absolute Gasteiger partial charge is 0.246 e. The van der Waals surface area contributed by atoms with Gasteiger partial charge in [0.05, 0.1) is 12.7 Å². The Kier molecular flexibility index (Phi) is 3.50. The second kappa shape index (κ2) is 4.75. The first-order valence-corrected chi connectivity index (χ1v) is 7.20. The van der Waals surface area contributed by atoms with Crippen LogP contribution in [-0.2, 0) is 16.6 Å². The first-order valence-electron chi connectivity index (χ1n) is 5.76. The van der Waals surface area contributed by atoms with Gasteiger partial charge in [0.15, 0.2) is 0 Å². The molecule has 1 atom stereocenters. The normalized spacial score (nSPS) is 22.1. The van der Waals surface area contributed by atoms with Crippen LogP contribution in [0.25, 0.3) is 0 Å². The zero-order chi connectivity index (χ0) is 12.5. The van der Waals surface area contributed by atoms with Crippen LogP contribution < -0.4 is 5.73 Å². The summed E-state index contributed by atoms with van der Waals surface area (Å²) in [5.74, 6) is 0.434. The highest BCUT2D eigenvalue weighted by molar-refractivity contribution is 7.89. The highest BCUT2D eigenvalue weighted by Crippen LogP contribution is 2.23. The number of sulfonamides is 1. The minimum atomic E-state index is -3.36. The van der Waals surface area contributed by atoms with E-state index in [1.54, 1.807) is 10.9 Å². The summed E-state index contributed by atoms with van der Waals surface area (Å²) in [5, 5.41) is 3.99. The number of nitrogens with zero attached hydrogens (tertiary/aromatic N) is 3. The van der Waals surface area contributed by atoms with Crippen molar-refractivity contribution in [1.29, 1.82) is 0 Å². The summed E-state index contributed by atoms with van der Waals surface area (Å²) in [4.78, 5) is 0.264. The Labute approximate surface area is 101 Å². The average Bonchev–Trinajstić information content (AvgIpc) is 2.88. The van der Waals surface area contributed by atoms with Gasteiger partial charge >= 0.3 is 0 Å². The predicted molar refractivity (Wildman–Crippen MR) is 63.8 cm³/mol. The van der Waals surface area contributed by atoms with Crippen LogP contribution in [-0.4, -0.2) is 42.1 Å². The first-order chi connectivity index (χ1) is 8.04. The van der Waals surface area contributed by atoms with E-state index >= 15 is 0 Å². The van der Waals surface area contributed by atoms with Crippen molar-refractivity contribution in [2.45, 2.75) is 24.8 Å². The summed E-state index contributed by atoms with van der Waals surface area (Å²) in [5.41, 5.74) is 5.40. The predicted octanol–water partition coefficient (Wildman–Crippen LogP) is -0.128. The van der Waals surface area contributed by atoms with Gasteiger partial charge in [0, 0.05) is 25.8 Å². The standard InChI is InChI=1S/C10H18N4O2S/c1-9-2-4-14(7-9)17(15,16)10-6-12-13(8-10)5-3-11/h6,8-9H,2-5,7,11H2,1H3. The third-order valence-electron chi connectivity index (χ3n) is 2.99. The van der Waals surface area contributed by atoms with Crippen LogP contribution in [0.1, 0.15) is 13.3 Å². The van der Waals surface area contributed by atoms with Crippen LogP contribution in [0.2, 0.25) is 0 Å². The molecule has 17 heavy (non-hydrogen) atoms. The van der Waals surface area contributed by atoms with Crippen LogP contribution in [0, 0.1) is 5.92 Å². The molecule has 1 aromatic rings. The zero-order valence-corrected chi connectivity index (χ0v) is 10.7. The van der Waals surface area contributed by atoms with E-state index in [1.165, 1.54) is 10.5 Å². The van der Waals surface area contributed by atoms with Crippen molar-refractivity contribution < 1.29 is 8.42 Å². The van der Waals surface area contributed by atoms with Crippen LogP contribution in [0.4, 0.5) is 0 Å². The molecule has 2 heterocycles. The Morgan fingerprint density at radius 2 is 2.35 bits per heavy atom. The Hall–Kier alpha value is -0.920. The van der Waals surface area contributed by atoms with E-state index in [9.17, 15) is 8.42 Å². The van der Waals surface area contributed by atoms with Gasteiger partial charge < -0.3 is 5.73 Å². The molecule has 7 heteroatoms. The summed E-state index contributed by atoms with van der Waals surface area (Å²) < 4.78 is 27.6. The van der Waals surface area contributed by atoms with Crippen molar-refractivity contribution in [3.63, 3.8) is 0 Å². The van der Waals surface area contributed by atoms with Gasteiger partial charge in [-0.1, -0.05) is 6.92 Å². The molecule has 2 rings (SSSR count). The Morgan fingerprint density at radius 3 is 2.94 bits per heavy atom. The molecular formula is C10H18N4O2S. The molecule has 0 aromatic carbocycles. The fourth-order valence-corrected chi connectivity index (χ4v) is 3.52. The van der Waals surface area contributed by atoms with Crippen molar-refractivity contribution in [2.24, 2.45) is 11.7 Å². The molecule has 6 nitrogen and oxygen atoms in total. The molecule has 1 saturated heterocycles. The highest BCUT2D eigenvalue weighted by atomic mass is 32.2. The minimum Gasteiger partial charge on any atom is -0.329 e. The molecule has 1 unspecified atom stereocenters. The molecule has 1 aliphatic heterocycles. The highest BCUT2D eigenvalue weighted by Gasteiger charge is 2.31. The Bertz CT molecular complexity index is 482. The van der Waals surface area contributed by atoms with E-state index in [4.69, 9.17) is 5.73 Å². The Morgan fingerprint density at radius 1 is 1.59 bits per heavy atom. The van der Waals surface area contributed by atoms with Crippen molar-refractivity contribution in [2.75, 3.05) is 19.6 Å². The number of rotatable bonds is 4. The van der Waals surface area contributed by atoms with Crippen LogP contribution in [0.15, 0.2) is 17.3 Å². The topological polar surface area (TPSA) is 81.2 Å². The number of aromatic nitrogens is 2. The quantitative estimate of drug-likeness (QED) is 0.816. The SMILES string of the molecule is CC1CCN(S(=O)(=O)c2cnn(CCN)c2)C1. The van der Waals surface area contributed by atoms with E-state index in [1.807, 2.05) is 0 Å². The molecule has 0 bridgehead atoms. The van der Waals surface area contributed by atoms with Gasteiger partial charge in [-0.15, -0.1) is 0 Å². The molecule has 0 aliphatic carbocycles. The lowest BCUT2D eigenvalue weighted by atomic mass is 10.2.